The van der Waals surface area contributed by atoms with E-state index in [2.05, 4.69) is 5.32 Å². The maximum Gasteiger partial charge on any atom is 0.243 e. The molecular weight excluding hydrogens is 217 g/mol. The lowest BCUT2D eigenvalue weighted by Gasteiger charge is -2.02. The lowest BCUT2D eigenvalue weighted by Crippen LogP contribution is -2.23. The van der Waals surface area contributed by atoms with Crippen LogP contribution in [-0.4, -0.2) is 12.5 Å². The molecule has 17 heavy (non-hydrogen) atoms. The van der Waals surface area contributed by atoms with E-state index >= 15 is 0 Å². The minimum absolute atomic E-state index is 0.120. The third-order valence-corrected chi connectivity index (χ3v) is 2.18. The molecule has 1 aromatic rings. The Morgan fingerprint density at radius 3 is 2.65 bits per heavy atom. The van der Waals surface area contributed by atoms with Crippen LogP contribution in [0.25, 0.3) is 0 Å². The van der Waals surface area contributed by atoms with Crippen LogP contribution in [0.1, 0.15) is 12.5 Å². The van der Waals surface area contributed by atoms with Gasteiger partial charge in [0.25, 0.3) is 0 Å². The molecule has 0 spiro atoms. The molecule has 0 bridgehead atoms. The van der Waals surface area contributed by atoms with Gasteiger partial charge in [-0.05, 0) is 31.0 Å². The second kappa shape index (κ2) is 7.39. The van der Waals surface area contributed by atoms with Gasteiger partial charge >= 0.3 is 0 Å². The highest BCUT2D eigenvalue weighted by molar-refractivity contribution is 5.87. The number of rotatable bonds is 5. The monoisotopic (exact) mass is 233 g/mol. The molecule has 0 unspecified atom stereocenters. The SMILES string of the molecule is C/C=C/C=C/C(=O)NCCc1ccc(F)cc1. The summed E-state index contributed by atoms with van der Waals surface area (Å²) in [7, 11) is 0. The van der Waals surface area contributed by atoms with Gasteiger partial charge in [-0.3, -0.25) is 4.79 Å². The molecule has 0 aromatic heterocycles. The van der Waals surface area contributed by atoms with Gasteiger partial charge in [0.1, 0.15) is 5.82 Å². The number of halogens is 1. The molecule has 0 aliphatic carbocycles. The van der Waals surface area contributed by atoms with E-state index in [-0.39, 0.29) is 11.7 Å². The van der Waals surface area contributed by atoms with Crippen molar-refractivity contribution in [1.82, 2.24) is 5.32 Å². The molecule has 1 rings (SSSR count). The van der Waals surface area contributed by atoms with Crippen LogP contribution < -0.4 is 5.32 Å². The fourth-order valence-electron chi connectivity index (χ4n) is 1.29. The highest BCUT2D eigenvalue weighted by atomic mass is 19.1. The van der Waals surface area contributed by atoms with Gasteiger partial charge in [-0.15, -0.1) is 0 Å². The van der Waals surface area contributed by atoms with E-state index in [0.717, 1.165) is 5.56 Å². The number of allylic oxidation sites excluding steroid dienone is 3. The van der Waals surface area contributed by atoms with Crippen molar-refractivity contribution in [3.63, 3.8) is 0 Å². The van der Waals surface area contributed by atoms with E-state index in [0.29, 0.717) is 13.0 Å². The van der Waals surface area contributed by atoms with Crippen molar-refractivity contribution in [2.45, 2.75) is 13.3 Å². The Kier molecular flexibility index (Phi) is 5.72. The molecule has 3 heteroatoms. The third kappa shape index (κ3) is 5.66. The summed E-state index contributed by atoms with van der Waals surface area (Å²) in [6.07, 6.45) is 7.50. The van der Waals surface area contributed by atoms with Crippen molar-refractivity contribution in [3.8, 4) is 0 Å². The summed E-state index contributed by atoms with van der Waals surface area (Å²) in [5.74, 6) is -0.364. The highest BCUT2D eigenvalue weighted by Crippen LogP contribution is 2.02. The fourth-order valence-corrected chi connectivity index (χ4v) is 1.29. The van der Waals surface area contributed by atoms with Crippen LogP contribution in [0.5, 0.6) is 0 Å². The van der Waals surface area contributed by atoms with Gasteiger partial charge in [0.15, 0.2) is 0 Å². The molecule has 0 aliphatic heterocycles. The van der Waals surface area contributed by atoms with Crippen LogP contribution in [-0.2, 0) is 11.2 Å². The van der Waals surface area contributed by atoms with Gasteiger partial charge in [0.2, 0.25) is 5.91 Å². The largest absolute Gasteiger partial charge is 0.352 e. The summed E-state index contributed by atoms with van der Waals surface area (Å²) in [5, 5.41) is 2.75. The molecule has 0 aliphatic rings. The summed E-state index contributed by atoms with van der Waals surface area (Å²) < 4.78 is 12.6. The lowest BCUT2D eigenvalue weighted by atomic mass is 10.1. The zero-order chi connectivity index (χ0) is 12.5. The van der Waals surface area contributed by atoms with Gasteiger partial charge in [0, 0.05) is 12.6 Å². The van der Waals surface area contributed by atoms with Gasteiger partial charge in [-0.2, -0.15) is 0 Å². The summed E-state index contributed by atoms with van der Waals surface area (Å²) in [6.45, 7) is 2.43. The molecule has 1 aromatic carbocycles. The molecule has 0 saturated carbocycles. The van der Waals surface area contributed by atoms with Crippen LogP contribution in [0.4, 0.5) is 4.39 Å². The first kappa shape index (κ1) is 13.2. The summed E-state index contributed by atoms with van der Waals surface area (Å²) >= 11 is 0. The molecule has 0 radical (unpaired) electrons. The Balaban J connectivity index is 2.28. The van der Waals surface area contributed by atoms with Crippen LogP contribution >= 0.6 is 0 Å². The molecule has 2 nitrogen and oxygen atoms in total. The number of hydrogen-bond acceptors (Lipinski definition) is 1. The minimum Gasteiger partial charge on any atom is -0.352 e. The van der Waals surface area contributed by atoms with Crippen molar-refractivity contribution >= 4 is 5.91 Å². The minimum atomic E-state index is -0.243. The fraction of sp³-hybridized carbons (Fsp3) is 0.214. The summed E-state index contributed by atoms with van der Waals surface area (Å²) in [5.41, 5.74) is 1.00. The average molecular weight is 233 g/mol. The molecule has 0 saturated heterocycles. The number of benzene rings is 1. The smallest absolute Gasteiger partial charge is 0.243 e. The van der Waals surface area contributed by atoms with Crippen LogP contribution in [0.15, 0.2) is 48.6 Å². The average Bonchev–Trinajstić information content (AvgIpc) is 2.32. The first-order valence-corrected chi connectivity index (χ1v) is 5.54. The van der Waals surface area contributed by atoms with Gasteiger partial charge in [0.05, 0.1) is 0 Å². The van der Waals surface area contributed by atoms with Gasteiger partial charge in [-0.1, -0.05) is 30.4 Å². The van der Waals surface area contributed by atoms with E-state index in [4.69, 9.17) is 0 Å². The Morgan fingerprint density at radius 1 is 1.29 bits per heavy atom. The second-order valence-electron chi connectivity index (χ2n) is 3.55. The van der Waals surface area contributed by atoms with Crippen molar-refractivity contribution < 1.29 is 9.18 Å². The first-order valence-electron chi connectivity index (χ1n) is 5.54. The summed E-state index contributed by atoms with van der Waals surface area (Å²) in [4.78, 5) is 11.3. The Hall–Kier alpha value is -1.90. The number of carbonyl (C=O) groups excluding carboxylic acids is 1. The van der Waals surface area contributed by atoms with E-state index in [1.807, 2.05) is 13.0 Å². The molecule has 1 N–H and O–H groups in total. The summed E-state index contributed by atoms with van der Waals surface area (Å²) in [6, 6.07) is 6.28. The van der Waals surface area contributed by atoms with Gasteiger partial charge < -0.3 is 5.32 Å². The normalized spacial score (nSPS) is 11.2. The van der Waals surface area contributed by atoms with E-state index < -0.39 is 0 Å². The number of nitrogens with one attached hydrogen (secondary N) is 1. The third-order valence-electron chi connectivity index (χ3n) is 2.18. The molecule has 90 valence electrons. The highest BCUT2D eigenvalue weighted by Gasteiger charge is 1.96. The maximum atomic E-state index is 12.6. The van der Waals surface area contributed by atoms with Crippen molar-refractivity contribution in [1.29, 1.82) is 0 Å². The zero-order valence-electron chi connectivity index (χ0n) is 9.82. The van der Waals surface area contributed by atoms with Gasteiger partial charge in [-0.25, -0.2) is 4.39 Å². The van der Waals surface area contributed by atoms with Crippen molar-refractivity contribution in [2.24, 2.45) is 0 Å². The predicted molar refractivity (Wildman–Crippen MR) is 67.1 cm³/mol. The van der Waals surface area contributed by atoms with E-state index in [1.54, 1.807) is 24.3 Å². The number of hydrogen-bond donors (Lipinski definition) is 1. The standard InChI is InChI=1S/C14H16FNO/c1-2-3-4-5-14(17)16-11-10-12-6-8-13(15)9-7-12/h2-9H,10-11H2,1H3,(H,16,17)/b3-2+,5-4+. The van der Waals surface area contributed by atoms with E-state index in [9.17, 15) is 9.18 Å². The van der Waals surface area contributed by atoms with Crippen molar-refractivity contribution in [3.05, 3.63) is 60.0 Å². The predicted octanol–water partition coefficient (Wildman–Crippen LogP) is 2.62. The topological polar surface area (TPSA) is 29.1 Å². The molecule has 1 amide bonds. The number of carbonyl (C=O) groups is 1. The Labute approximate surface area is 101 Å². The lowest BCUT2D eigenvalue weighted by molar-refractivity contribution is -0.116. The van der Waals surface area contributed by atoms with Crippen LogP contribution in [0.3, 0.4) is 0 Å². The second-order valence-corrected chi connectivity index (χ2v) is 3.55. The molecule has 0 heterocycles. The van der Waals surface area contributed by atoms with Crippen LogP contribution in [0, 0.1) is 5.82 Å². The Bertz CT molecular complexity index is 407. The first-order chi connectivity index (χ1) is 8.22. The maximum absolute atomic E-state index is 12.6. The number of amides is 1. The quantitative estimate of drug-likeness (QED) is 0.614. The van der Waals surface area contributed by atoms with Crippen molar-refractivity contribution in [2.75, 3.05) is 6.54 Å². The molecule has 0 fully saturated rings. The zero-order valence-corrected chi connectivity index (χ0v) is 9.82. The van der Waals surface area contributed by atoms with Crippen LogP contribution in [0.2, 0.25) is 0 Å². The molecule has 0 atom stereocenters. The van der Waals surface area contributed by atoms with E-state index in [1.165, 1.54) is 18.2 Å². The Morgan fingerprint density at radius 2 is 2.00 bits per heavy atom. The molecular formula is C14H16FNO.